The van der Waals surface area contributed by atoms with Gasteiger partial charge in [0.2, 0.25) is 0 Å². The minimum absolute atomic E-state index is 0.0853. The van der Waals surface area contributed by atoms with Crippen molar-refractivity contribution in [2.45, 2.75) is 0 Å². The number of halogens is 1. The van der Waals surface area contributed by atoms with Crippen LogP contribution in [0.15, 0.2) is 18.2 Å². The van der Waals surface area contributed by atoms with Gasteiger partial charge >= 0.3 is 6.09 Å². The lowest BCUT2D eigenvalue weighted by Crippen LogP contribution is -2.24. The summed E-state index contributed by atoms with van der Waals surface area (Å²) in [6.45, 7) is 0.543. The van der Waals surface area contributed by atoms with E-state index >= 15 is 0 Å². The summed E-state index contributed by atoms with van der Waals surface area (Å²) in [5, 5.41) is 0. The Bertz CT molecular complexity index is 419. The zero-order valence-corrected chi connectivity index (χ0v) is 7.77. The number of carbonyl (C=O) groups excluding carboxylic acids is 2. The predicted octanol–water partition coefficient (Wildman–Crippen LogP) is 1.59. The molecule has 1 amide bonds. The van der Waals surface area contributed by atoms with Gasteiger partial charge in [-0.25, -0.2) is 9.18 Å². The summed E-state index contributed by atoms with van der Waals surface area (Å²) in [4.78, 5) is 22.9. The lowest BCUT2D eigenvalue weighted by Gasteiger charge is -2.13. The maximum absolute atomic E-state index is 13.4. The van der Waals surface area contributed by atoms with Crippen LogP contribution in [0, 0.1) is 5.82 Å². The standard InChI is InChI=1S/C10H8FNO3/c11-8-2-1-7(6-13)5-9(8)12-3-4-15-10(12)14/h1-2,5-6H,3-4H2. The van der Waals surface area contributed by atoms with Crippen LogP contribution in [0.3, 0.4) is 0 Å². The van der Waals surface area contributed by atoms with Crippen LogP contribution in [-0.2, 0) is 4.74 Å². The van der Waals surface area contributed by atoms with E-state index in [1.165, 1.54) is 17.0 Å². The van der Waals surface area contributed by atoms with Crippen molar-refractivity contribution in [1.82, 2.24) is 0 Å². The van der Waals surface area contributed by atoms with Crippen LogP contribution in [0.2, 0.25) is 0 Å². The molecule has 1 aromatic rings. The third-order valence-corrected chi connectivity index (χ3v) is 2.16. The van der Waals surface area contributed by atoms with Crippen molar-refractivity contribution in [2.75, 3.05) is 18.1 Å². The van der Waals surface area contributed by atoms with Gasteiger partial charge in [-0.2, -0.15) is 0 Å². The third kappa shape index (κ3) is 1.68. The lowest BCUT2D eigenvalue weighted by molar-refractivity contribution is 0.112. The van der Waals surface area contributed by atoms with E-state index in [1.807, 2.05) is 0 Å². The Kier molecular flexibility index (Phi) is 2.37. The van der Waals surface area contributed by atoms with E-state index in [9.17, 15) is 14.0 Å². The zero-order valence-electron chi connectivity index (χ0n) is 7.77. The molecule has 0 aromatic heterocycles. The Morgan fingerprint density at radius 3 is 2.87 bits per heavy atom. The summed E-state index contributed by atoms with van der Waals surface area (Å²) in [5.74, 6) is -0.542. The number of benzene rings is 1. The van der Waals surface area contributed by atoms with Crippen molar-refractivity contribution in [2.24, 2.45) is 0 Å². The van der Waals surface area contributed by atoms with Crippen LogP contribution in [0.1, 0.15) is 10.4 Å². The van der Waals surface area contributed by atoms with Gasteiger partial charge in [0.25, 0.3) is 0 Å². The van der Waals surface area contributed by atoms with Gasteiger partial charge in [-0.15, -0.1) is 0 Å². The minimum Gasteiger partial charge on any atom is -0.447 e. The van der Waals surface area contributed by atoms with Crippen LogP contribution in [0.5, 0.6) is 0 Å². The first kappa shape index (κ1) is 9.64. The molecule has 0 N–H and O–H groups in total. The Balaban J connectivity index is 2.41. The molecular formula is C10H8FNO3. The highest BCUT2D eigenvalue weighted by molar-refractivity contribution is 5.90. The number of carbonyl (C=O) groups is 2. The fourth-order valence-electron chi connectivity index (χ4n) is 1.42. The normalized spacial score (nSPS) is 15.3. The van der Waals surface area contributed by atoms with Gasteiger partial charge in [-0.1, -0.05) is 0 Å². The van der Waals surface area contributed by atoms with Crippen LogP contribution in [0.25, 0.3) is 0 Å². The molecule has 0 atom stereocenters. The fraction of sp³-hybridized carbons (Fsp3) is 0.200. The van der Waals surface area contributed by atoms with E-state index in [4.69, 9.17) is 0 Å². The second-order valence-electron chi connectivity index (χ2n) is 3.09. The summed E-state index contributed by atoms with van der Waals surface area (Å²) >= 11 is 0. The SMILES string of the molecule is O=Cc1ccc(F)c(N2CCOC2=O)c1. The largest absolute Gasteiger partial charge is 0.447 e. The number of cyclic esters (lactones) is 1. The summed E-state index contributed by atoms with van der Waals surface area (Å²) in [7, 11) is 0. The number of ether oxygens (including phenoxy) is 1. The molecule has 2 rings (SSSR count). The number of hydrogen-bond donors (Lipinski definition) is 0. The van der Waals surface area contributed by atoms with E-state index in [-0.39, 0.29) is 12.3 Å². The van der Waals surface area contributed by atoms with E-state index in [1.54, 1.807) is 0 Å². The van der Waals surface area contributed by atoms with Gasteiger partial charge in [0.05, 0.1) is 12.2 Å². The van der Waals surface area contributed by atoms with Crippen molar-refractivity contribution >= 4 is 18.1 Å². The molecule has 0 spiro atoms. The third-order valence-electron chi connectivity index (χ3n) is 2.16. The monoisotopic (exact) mass is 209 g/mol. The van der Waals surface area contributed by atoms with Crippen LogP contribution in [0.4, 0.5) is 14.9 Å². The number of aldehydes is 1. The van der Waals surface area contributed by atoms with Gasteiger partial charge in [0, 0.05) is 5.56 Å². The number of hydrogen-bond acceptors (Lipinski definition) is 3. The van der Waals surface area contributed by atoms with Crippen molar-refractivity contribution in [3.8, 4) is 0 Å². The average molecular weight is 209 g/mol. The zero-order chi connectivity index (χ0) is 10.8. The molecule has 0 saturated carbocycles. The molecule has 0 bridgehead atoms. The highest BCUT2D eigenvalue weighted by Crippen LogP contribution is 2.23. The number of rotatable bonds is 2. The molecule has 1 aliphatic heterocycles. The first-order valence-corrected chi connectivity index (χ1v) is 4.41. The quantitative estimate of drug-likeness (QED) is 0.695. The average Bonchev–Trinajstić information content (AvgIpc) is 2.65. The smallest absolute Gasteiger partial charge is 0.414 e. The molecule has 1 aromatic carbocycles. The molecule has 1 heterocycles. The first-order chi connectivity index (χ1) is 7.22. The van der Waals surface area contributed by atoms with E-state index in [0.717, 1.165) is 6.07 Å². The van der Waals surface area contributed by atoms with Crippen molar-refractivity contribution in [3.05, 3.63) is 29.6 Å². The molecule has 0 radical (unpaired) electrons. The Morgan fingerprint density at radius 2 is 2.27 bits per heavy atom. The van der Waals surface area contributed by atoms with Crippen molar-refractivity contribution in [3.63, 3.8) is 0 Å². The highest BCUT2D eigenvalue weighted by Gasteiger charge is 2.26. The molecule has 0 aliphatic carbocycles. The van der Waals surface area contributed by atoms with Crippen LogP contribution >= 0.6 is 0 Å². The van der Waals surface area contributed by atoms with Gasteiger partial charge in [0.15, 0.2) is 0 Å². The van der Waals surface area contributed by atoms with Gasteiger partial charge in [-0.3, -0.25) is 9.69 Å². The number of nitrogens with zero attached hydrogens (tertiary/aromatic N) is 1. The summed E-state index contributed by atoms with van der Waals surface area (Å²) < 4.78 is 18.0. The fourth-order valence-corrected chi connectivity index (χ4v) is 1.42. The van der Waals surface area contributed by atoms with Crippen molar-refractivity contribution < 1.29 is 18.7 Å². The predicted molar refractivity (Wildman–Crippen MR) is 50.5 cm³/mol. The first-order valence-electron chi connectivity index (χ1n) is 4.41. The molecule has 1 aliphatic rings. The van der Waals surface area contributed by atoms with E-state index in [2.05, 4.69) is 4.74 Å². The molecule has 5 heteroatoms. The molecule has 4 nitrogen and oxygen atoms in total. The van der Waals surface area contributed by atoms with Crippen molar-refractivity contribution in [1.29, 1.82) is 0 Å². The minimum atomic E-state index is -0.586. The maximum Gasteiger partial charge on any atom is 0.414 e. The lowest BCUT2D eigenvalue weighted by atomic mass is 10.2. The number of anilines is 1. The Morgan fingerprint density at radius 1 is 1.47 bits per heavy atom. The van der Waals surface area contributed by atoms with Gasteiger partial charge < -0.3 is 4.74 Å². The maximum atomic E-state index is 13.4. The molecule has 78 valence electrons. The number of amides is 1. The van der Waals surface area contributed by atoms with Crippen LogP contribution in [-0.4, -0.2) is 25.5 Å². The molecular weight excluding hydrogens is 201 g/mol. The second-order valence-corrected chi connectivity index (χ2v) is 3.09. The topological polar surface area (TPSA) is 46.6 Å². The summed E-state index contributed by atoms with van der Waals surface area (Å²) in [6, 6.07) is 3.84. The molecule has 15 heavy (non-hydrogen) atoms. The highest BCUT2D eigenvalue weighted by atomic mass is 19.1. The van der Waals surface area contributed by atoms with E-state index in [0.29, 0.717) is 18.4 Å². The Labute approximate surface area is 85.2 Å². The second kappa shape index (κ2) is 3.68. The molecule has 1 saturated heterocycles. The molecule has 0 unspecified atom stereocenters. The summed E-state index contributed by atoms with van der Waals surface area (Å²) in [6.07, 6.45) is 0.0154. The van der Waals surface area contributed by atoms with Crippen LogP contribution < -0.4 is 4.90 Å². The van der Waals surface area contributed by atoms with Gasteiger partial charge in [0.1, 0.15) is 18.7 Å². The summed E-state index contributed by atoms with van der Waals surface area (Å²) in [5.41, 5.74) is 0.410. The Hall–Kier alpha value is -1.91. The van der Waals surface area contributed by atoms with E-state index < -0.39 is 11.9 Å². The van der Waals surface area contributed by atoms with Gasteiger partial charge in [-0.05, 0) is 18.2 Å². The molecule has 1 fully saturated rings.